The van der Waals surface area contributed by atoms with Crippen LogP contribution in [0.3, 0.4) is 0 Å². The molecule has 0 spiro atoms. The summed E-state index contributed by atoms with van der Waals surface area (Å²) in [5, 5.41) is 0. The van der Waals surface area contributed by atoms with Gasteiger partial charge in [-0.2, -0.15) is 0 Å². The molecule has 5 unspecified atom stereocenters. The van der Waals surface area contributed by atoms with E-state index in [4.69, 9.17) is 5.73 Å². The molecule has 3 aliphatic rings. The zero-order valence-corrected chi connectivity index (χ0v) is 10.6. The lowest BCUT2D eigenvalue weighted by molar-refractivity contribution is 0.129. The maximum atomic E-state index is 6.18. The maximum absolute atomic E-state index is 6.18. The third-order valence-corrected chi connectivity index (χ3v) is 5.48. The first kappa shape index (κ1) is 11.0. The van der Waals surface area contributed by atoms with Gasteiger partial charge in [0.2, 0.25) is 0 Å². The van der Waals surface area contributed by atoms with Crippen LogP contribution in [-0.2, 0) is 0 Å². The van der Waals surface area contributed by atoms with Crippen LogP contribution in [0.2, 0.25) is 0 Å². The fourth-order valence-corrected chi connectivity index (χ4v) is 4.27. The molecule has 0 aromatic heterocycles. The molecule has 16 heavy (non-hydrogen) atoms. The van der Waals surface area contributed by atoms with Gasteiger partial charge in [0, 0.05) is 19.1 Å². The molecule has 5 atom stereocenters. The quantitative estimate of drug-likeness (QED) is 0.775. The highest BCUT2D eigenvalue weighted by molar-refractivity contribution is 4.92. The third kappa shape index (κ3) is 2.02. The van der Waals surface area contributed by atoms with Crippen molar-refractivity contribution < 1.29 is 0 Å². The van der Waals surface area contributed by atoms with Gasteiger partial charge in [-0.05, 0) is 55.9 Å². The van der Waals surface area contributed by atoms with Crippen molar-refractivity contribution in [1.82, 2.24) is 4.90 Å². The lowest BCUT2D eigenvalue weighted by atomic mass is 9.87. The van der Waals surface area contributed by atoms with Gasteiger partial charge in [0.25, 0.3) is 0 Å². The lowest BCUT2D eigenvalue weighted by Gasteiger charge is -2.37. The van der Waals surface area contributed by atoms with Crippen LogP contribution in [0.5, 0.6) is 0 Å². The van der Waals surface area contributed by atoms with Crippen LogP contribution in [0.1, 0.15) is 39.0 Å². The number of hydrogen-bond acceptors (Lipinski definition) is 2. The van der Waals surface area contributed by atoms with E-state index >= 15 is 0 Å². The molecule has 0 radical (unpaired) electrons. The summed E-state index contributed by atoms with van der Waals surface area (Å²) < 4.78 is 0. The van der Waals surface area contributed by atoms with E-state index in [-0.39, 0.29) is 0 Å². The van der Waals surface area contributed by atoms with Gasteiger partial charge in [-0.25, -0.2) is 0 Å². The molecule has 1 heterocycles. The second-order valence-corrected chi connectivity index (χ2v) is 6.62. The van der Waals surface area contributed by atoms with Crippen molar-refractivity contribution in [2.45, 2.75) is 45.1 Å². The van der Waals surface area contributed by atoms with E-state index in [1.807, 2.05) is 0 Å². The Hall–Kier alpha value is -0.0800. The first-order chi connectivity index (χ1) is 7.72. The summed E-state index contributed by atoms with van der Waals surface area (Å²) in [6.07, 6.45) is 7.41. The van der Waals surface area contributed by atoms with Gasteiger partial charge < -0.3 is 10.6 Å². The predicted molar refractivity (Wildman–Crippen MR) is 67.1 cm³/mol. The van der Waals surface area contributed by atoms with Crippen LogP contribution in [0.15, 0.2) is 0 Å². The summed E-state index contributed by atoms with van der Waals surface area (Å²) in [5.74, 6) is 3.91. The average molecular weight is 222 g/mol. The van der Waals surface area contributed by atoms with Gasteiger partial charge >= 0.3 is 0 Å². The molecule has 2 aliphatic carbocycles. The Morgan fingerprint density at radius 2 is 2.06 bits per heavy atom. The number of piperidine rings is 1. The van der Waals surface area contributed by atoms with E-state index in [0.29, 0.717) is 6.04 Å². The van der Waals surface area contributed by atoms with E-state index in [0.717, 1.165) is 30.2 Å². The summed E-state index contributed by atoms with van der Waals surface area (Å²) in [7, 11) is 0. The second kappa shape index (κ2) is 4.30. The minimum absolute atomic E-state index is 0.423. The highest BCUT2D eigenvalue weighted by Gasteiger charge is 2.40. The largest absolute Gasteiger partial charge is 0.326 e. The molecular formula is C14H26N2. The van der Waals surface area contributed by atoms with E-state index in [1.54, 1.807) is 6.42 Å². The molecule has 0 aromatic carbocycles. The van der Waals surface area contributed by atoms with Crippen molar-refractivity contribution in [3.63, 3.8) is 0 Å². The van der Waals surface area contributed by atoms with Crippen molar-refractivity contribution in [3.05, 3.63) is 0 Å². The Morgan fingerprint density at radius 3 is 2.69 bits per heavy atom. The molecule has 0 aromatic rings. The molecule has 3 rings (SSSR count). The van der Waals surface area contributed by atoms with Crippen molar-refractivity contribution in [2.24, 2.45) is 29.4 Å². The van der Waals surface area contributed by atoms with Crippen LogP contribution < -0.4 is 5.73 Å². The molecule has 2 heteroatoms. The van der Waals surface area contributed by atoms with Crippen molar-refractivity contribution in [2.75, 3.05) is 19.6 Å². The molecular weight excluding hydrogens is 196 g/mol. The van der Waals surface area contributed by atoms with Crippen LogP contribution in [0.25, 0.3) is 0 Å². The molecule has 2 N–H and O–H groups in total. The molecule has 92 valence electrons. The van der Waals surface area contributed by atoms with Gasteiger partial charge in [0.05, 0.1) is 0 Å². The topological polar surface area (TPSA) is 29.3 Å². The van der Waals surface area contributed by atoms with Crippen LogP contribution >= 0.6 is 0 Å². The third-order valence-electron chi connectivity index (χ3n) is 5.48. The molecule has 2 nitrogen and oxygen atoms in total. The fourth-order valence-electron chi connectivity index (χ4n) is 4.27. The zero-order valence-electron chi connectivity index (χ0n) is 10.6. The smallest absolute Gasteiger partial charge is 0.0194 e. The van der Waals surface area contributed by atoms with Crippen molar-refractivity contribution in [1.29, 1.82) is 0 Å². The summed E-state index contributed by atoms with van der Waals surface area (Å²) in [4.78, 5) is 2.65. The molecule has 2 saturated carbocycles. The monoisotopic (exact) mass is 222 g/mol. The Kier molecular flexibility index (Phi) is 2.97. The summed E-state index contributed by atoms with van der Waals surface area (Å²) >= 11 is 0. The Labute approximate surface area is 99.6 Å². The highest BCUT2D eigenvalue weighted by atomic mass is 15.1. The Morgan fingerprint density at radius 1 is 1.19 bits per heavy atom. The maximum Gasteiger partial charge on any atom is 0.0194 e. The SMILES string of the molecule is CC1CCN(CC2CC3CCC2C3)CC1N. The van der Waals surface area contributed by atoms with Crippen molar-refractivity contribution in [3.8, 4) is 0 Å². The van der Waals surface area contributed by atoms with Gasteiger partial charge in [0.15, 0.2) is 0 Å². The van der Waals surface area contributed by atoms with E-state index in [2.05, 4.69) is 11.8 Å². The van der Waals surface area contributed by atoms with E-state index < -0.39 is 0 Å². The Bertz CT molecular complexity index is 253. The normalized spacial score (nSPS) is 48.8. The number of rotatable bonds is 2. The minimum atomic E-state index is 0.423. The molecule has 1 aliphatic heterocycles. The van der Waals surface area contributed by atoms with Gasteiger partial charge in [-0.1, -0.05) is 13.3 Å². The van der Waals surface area contributed by atoms with Crippen LogP contribution in [-0.4, -0.2) is 30.6 Å². The number of likely N-dealkylation sites (tertiary alicyclic amines) is 1. The summed E-state index contributed by atoms with van der Waals surface area (Å²) in [6, 6.07) is 0.423. The molecule has 0 amide bonds. The highest BCUT2D eigenvalue weighted by Crippen LogP contribution is 2.48. The number of fused-ring (bicyclic) bond motifs is 2. The minimum Gasteiger partial charge on any atom is -0.326 e. The van der Waals surface area contributed by atoms with Crippen LogP contribution in [0.4, 0.5) is 0 Å². The average Bonchev–Trinajstić information content (AvgIpc) is 2.85. The predicted octanol–water partition coefficient (Wildman–Crippen LogP) is 2.09. The van der Waals surface area contributed by atoms with Crippen LogP contribution in [0, 0.1) is 23.7 Å². The van der Waals surface area contributed by atoms with Crippen molar-refractivity contribution >= 4 is 0 Å². The Balaban J connectivity index is 1.52. The zero-order chi connectivity index (χ0) is 11.1. The summed E-state index contributed by atoms with van der Waals surface area (Å²) in [6.45, 7) is 6.10. The lowest BCUT2D eigenvalue weighted by Crippen LogP contribution is -2.49. The first-order valence-corrected chi connectivity index (χ1v) is 7.20. The first-order valence-electron chi connectivity index (χ1n) is 7.20. The van der Waals surface area contributed by atoms with E-state index in [1.165, 1.54) is 38.8 Å². The number of hydrogen-bond donors (Lipinski definition) is 1. The molecule has 1 saturated heterocycles. The molecule has 2 bridgehead atoms. The summed E-state index contributed by atoms with van der Waals surface area (Å²) in [5.41, 5.74) is 6.18. The number of nitrogens with two attached hydrogens (primary N) is 1. The van der Waals surface area contributed by atoms with E-state index in [9.17, 15) is 0 Å². The number of nitrogens with zero attached hydrogens (tertiary/aromatic N) is 1. The van der Waals surface area contributed by atoms with Gasteiger partial charge in [-0.3, -0.25) is 0 Å². The standard InChI is InChI=1S/C14H26N2/c1-10-4-5-16(9-14(10)15)8-13-7-11-2-3-12(13)6-11/h10-14H,2-9,15H2,1H3. The van der Waals surface area contributed by atoms with Gasteiger partial charge in [0.1, 0.15) is 0 Å². The van der Waals surface area contributed by atoms with Gasteiger partial charge in [-0.15, -0.1) is 0 Å². The second-order valence-electron chi connectivity index (χ2n) is 6.62. The fraction of sp³-hybridized carbons (Fsp3) is 1.00. The molecule has 3 fully saturated rings.